The van der Waals surface area contributed by atoms with Crippen LogP contribution in [0.15, 0.2) is 41.3 Å². The van der Waals surface area contributed by atoms with Crippen molar-refractivity contribution in [3.63, 3.8) is 0 Å². The third-order valence-corrected chi connectivity index (χ3v) is 5.60. The molecule has 0 fully saturated rings. The third kappa shape index (κ3) is 4.31. The van der Waals surface area contributed by atoms with E-state index < -0.39 is 32.6 Å². The van der Waals surface area contributed by atoms with Crippen molar-refractivity contribution in [3.8, 4) is 5.75 Å². The second kappa shape index (κ2) is 7.45. The molecule has 0 saturated heterocycles. The summed E-state index contributed by atoms with van der Waals surface area (Å²) >= 11 is 1.11. The Morgan fingerprint density at radius 3 is 2.70 bits per heavy atom. The van der Waals surface area contributed by atoms with Gasteiger partial charge in [-0.15, -0.1) is 0 Å². The maximum absolute atomic E-state index is 13.7. The molecule has 0 saturated carbocycles. The lowest BCUT2D eigenvalue weighted by Crippen LogP contribution is -2.34. The summed E-state index contributed by atoms with van der Waals surface area (Å²) in [7, 11) is -4.52. The molecule has 0 aliphatic carbocycles. The van der Waals surface area contributed by atoms with Crippen molar-refractivity contribution in [2.24, 2.45) is 0 Å². The number of sulfonamides is 1. The number of ether oxygens (including phenoxy) is 1. The van der Waals surface area contributed by atoms with E-state index in [9.17, 15) is 22.0 Å². The van der Waals surface area contributed by atoms with Crippen LogP contribution in [0.1, 0.15) is 6.92 Å². The second-order valence-electron chi connectivity index (χ2n) is 5.22. The Morgan fingerprint density at radius 1 is 1.22 bits per heavy atom. The van der Waals surface area contributed by atoms with E-state index in [0.29, 0.717) is 23.9 Å². The number of halogens is 2. The fraction of sp³-hybridized carbons (Fsp3) is 0.125. The SMILES string of the molecule is CCOc1ccc2nc(NC(=O)NS(=O)(=O)c3ccc(F)cc3F)sc2c1. The van der Waals surface area contributed by atoms with Gasteiger partial charge in [0.25, 0.3) is 10.0 Å². The monoisotopic (exact) mass is 413 g/mol. The molecule has 11 heteroatoms. The number of thiazole rings is 1. The van der Waals surface area contributed by atoms with Crippen LogP contribution in [-0.2, 0) is 10.0 Å². The lowest BCUT2D eigenvalue weighted by atomic mass is 10.3. The predicted octanol–water partition coefficient (Wildman–Crippen LogP) is 3.48. The number of rotatable bonds is 5. The molecule has 0 atom stereocenters. The molecule has 2 aromatic carbocycles. The first kappa shape index (κ1) is 19.0. The number of carbonyl (C=O) groups is 1. The highest BCUT2D eigenvalue weighted by Crippen LogP contribution is 2.29. The van der Waals surface area contributed by atoms with Crippen molar-refractivity contribution in [3.05, 3.63) is 48.0 Å². The summed E-state index contributed by atoms with van der Waals surface area (Å²) in [5.74, 6) is -1.60. The molecular weight excluding hydrogens is 400 g/mol. The number of amides is 2. The van der Waals surface area contributed by atoms with Gasteiger partial charge in [0.15, 0.2) is 5.13 Å². The molecule has 3 aromatic rings. The molecule has 0 spiro atoms. The highest BCUT2D eigenvalue weighted by atomic mass is 32.2. The zero-order chi connectivity index (χ0) is 19.6. The third-order valence-electron chi connectivity index (χ3n) is 3.30. The summed E-state index contributed by atoms with van der Waals surface area (Å²) in [5.41, 5.74) is 0.589. The van der Waals surface area contributed by atoms with E-state index >= 15 is 0 Å². The Kier molecular flexibility index (Phi) is 5.24. The summed E-state index contributed by atoms with van der Waals surface area (Å²) < 4.78 is 58.5. The van der Waals surface area contributed by atoms with E-state index in [2.05, 4.69) is 10.3 Å². The van der Waals surface area contributed by atoms with Gasteiger partial charge in [-0.05, 0) is 37.3 Å². The highest BCUT2D eigenvalue weighted by Gasteiger charge is 2.22. The van der Waals surface area contributed by atoms with Gasteiger partial charge >= 0.3 is 6.03 Å². The summed E-state index contributed by atoms with van der Waals surface area (Å²) in [6.07, 6.45) is 0. The van der Waals surface area contributed by atoms with Gasteiger partial charge in [-0.2, -0.15) is 0 Å². The number of hydrogen-bond donors (Lipinski definition) is 2. The fourth-order valence-electron chi connectivity index (χ4n) is 2.21. The molecule has 0 radical (unpaired) electrons. The van der Waals surface area contributed by atoms with Crippen LogP contribution in [0.2, 0.25) is 0 Å². The van der Waals surface area contributed by atoms with Crippen molar-refractivity contribution in [1.29, 1.82) is 0 Å². The molecule has 0 unspecified atom stereocenters. The van der Waals surface area contributed by atoms with Gasteiger partial charge in [-0.1, -0.05) is 11.3 Å². The molecule has 1 heterocycles. The minimum Gasteiger partial charge on any atom is -0.494 e. The molecule has 0 aliphatic rings. The van der Waals surface area contributed by atoms with Crippen LogP contribution in [0.25, 0.3) is 10.2 Å². The summed E-state index contributed by atoms with van der Waals surface area (Å²) in [4.78, 5) is 15.3. The molecule has 0 bridgehead atoms. The van der Waals surface area contributed by atoms with Crippen molar-refractivity contribution < 1.29 is 26.7 Å². The first-order valence-electron chi connectivity index (χ1n) is 7.61. The number of anilines is 1. The average molecular weight is 413 g/mol. The van der Waals surface area contributed by atoms with Gasteiger partial charge in [-0.25, -0.2) is 31.7 Å². The normalized spacial score (nSPS) is 11.4. The number of nitrogens with zero attached hydrogens (tertiary/aromatic N) is 1. The topological polar surface area (TPSA) is 97.4 Å². The van der Waals surface area contributed by atoms with Crippen molar-refractivity contribution in [1.82, 2.24) is 9.71 Å². The lowest BCUT2D eigenvalue weighted by Gasteiger charge is -2.07. The number of carbonyl (C=O) groups excluding carboxylic acids is 1. The molecular formula is C16H13F2N3O4S2. The molecule has 27 heavy (non-hydrogen) atoms. The Balaban J connectivity index is 1.76. The fourth-order valence-corrected chi connectivity index (χ4v) is 4.06. The Hall–Kier alpha value is -2.79. The summed E-state index contributed by atoms with van der Waals surface area (Å²) in [6.45, 7) is 2.34. The Morgan fingerprint density at radius 2 is 2.00 bits per heavy atom. The number of urea groups is 1. The lowest BCUT2D eigenvalue weighted by molar-refractivity contribution is 0.256. The zero-order valence-corrected chi connectivity index (χ0v) is 15.5. The van der Waals surface area contributed by atoms with Crippen molar-refractivity contribution in [2.75, 3.05) is 11.9 Å². The second-order valence-corrected chi connectivity index (χ2v) is 7.90. The van der Waals surface area contributed by atoms with E-state index in [1.165, 1.54) is 0 Å². The van der Waals surface area contributed by atoms with Crippen molar-refractivity contribution >= 4 is 42.7 Å². The van der Waals surface area contributed by atoms with Crippen LogP contribution in [0.4, 0.5) is 18.7 Å². The average Bonchev–Trinajstić information content (AvgIpc) is 2.95. The smallest absolute Gasteiger partial charge is 0.334 e. The van der Waals surface area contributed by atoms with E-state index in [1.807, 2.05) is 6.92 Å². The molecule has 142 valence electrons. The van der Waals surface area contributed by atoms with Gasteiger partial charge in [0.1, 0.15) is 22.3 Å². The number of benzene rings is 2. The molecule has 2 N–H and O–H groups in total. The quantitative estimate of drug-likeness (QED) is 0.667. The Labute approximate surface area is 157 Å². The van der Waals surface area contributed by atoms with Gasteiger partial charge in [0.05, 0.1) is 16.8 Å². The van der Waals surface area contributed by atoms with Gasteiger partial charge in [0.2, 0.25) is 0 Å². The molecule has 7 nitrogen and oxygen atoms in total. The molecule has 1 aromatic heterocycles. The van der Waals surface area contributed by atoms with E-state index in [0.717, 1.165) is 28.2 Å². The number of fused-ring (bicyclic) bond motifs is 1. The van der Waals surface area contributed by atoms with Crippen molar-refractivity contribution in [2.45, 2.75) is 11.8 Å². The molecule has 2 amide bonds. The zero-order valence-electron chi connectivity index (χ0n) is 13.8. The first-order chi connectivity index (χ1) is 12.8. The Bertz CT molecular complexity index is 1120. The maximum atomic E-state index is 13.7. The van der Waals surface area contributed by atoms with Crippen LogP contribution in [0.5, 0.6) is 5.75 Å². The van der Waals surface area contributed by atoms with E-state index in [-0.39, 0.29) is 5.13 Å². The number of nitrogens with one attached hydrogen (secondary N) is 2. The van der Waals surface area contributed by atoms with Crippen LogP contribution in [0, 0.1) is 11.6 Å². The van der Waals surface area contributed by atoms with E-state index in [1.54, 1.807) is 22.9 Å². The van der Waals surface area contributed by atoms with Crippen LogP contribution in [0.3, 0.4) is 0 Å². The summed E-state index contributed by atoms with van der Waals surface area (Å²) in [6, 6.07) is 5.96. The van der Waals surface area contributed by atoms with Crippen LogP contribution in [-0.4, -0.2) is 26.0 Å². The summed E-state index contributed by atoms with van der Waals surface area (Å²) in [5, 5.41) is 2.42. The van der Waals surface area contributed by atoms with Gasteiger partial charge in [0, 0.05) is 6.07 Å². The number of hydrogen-bond acceptors (Lipinski definition) is 6. The molecule has 0 aliphatic heterocycles. The number of aromatic nitrogens is 1. The minimum absolute atomic E-state index is 0.144. The largest absolute Gasteiger partial charge is 0.494 e. The highest BCUT2D eigenvalue weighted by molar-refractivity contribution is 7.90. The molecule has 3 rings (SSSR count). The van der Waals surface area contributed by atoms with E-state index in [4.69, 9.17) is 4.74 Å². The standard InChI is InChI=1S/C16H13F2N3O4S2/c1-2-25-10-4-5-12-13(8-10)26-16(19-12)20-15(22)21-27(23,24)14-6-3-9(17)7-11(14)18/h3-8H,2H2,1H3,(H2,19,20,21,22). The van der Waals surface area contributed by atoms with Gasteiger partial charge < -0.3 is 4.74 Å². The van der Waals surface area contributed by atoms with Gasteiger partial charge in [-0.3, -0.25) is 5.32 Å². The minimum atomic E-state index is -4.52. The first-order valence-corrected chi connectivity index (χ1v) is 9.90. The van der Waals surface area contributed by atoms with Crippen LogP contribution >= 0.6 is 11.3 Å². The van der Waals surface area contributed by atoms with Crippen LogP contribution < -0.4 is 14.8 Å². The maximum Gasteiger partial charge on any atom is 0.334 e. The predicted molar refractivity (Wildman–Crippen MR) is 96.5 cm³/mol.